The number of rotatable bonds is 7. The first-order valence-corrected chi connectivity index (χ1v) is 9.39. The first-order valence-electron chi connectivity index (χ1n) is 8.51. The van der Waals surface area contributed by atoms with E-state index in [0.29, 0.717) is 17.2 Å². The summed E-state index contributed by atoms with van der Waals surface area (Å²) in [5.41, 5.74) is 1.21. The summed E-state index contributed by atoms with van der Waals surface area (Å²) < 4.78 is 2.10. The zero-order chi connectivity index (χ0) is 18.0. The minimum Gasteiger partial charge on any atom is -0.325 e. The third-order valence-corrected chi connectivity index (χ3v) is 5.27. The van der Waals surface area contributed by atoms with Crippen LogP contribution in [-0.4, -0.2) is 31.7 Å². The van der Waals surface area contributed by atoms with Gasteiger partial charge in [-0.15, -0.1) is 10.2 Å². The van der Waals surface area contributed by atoms with Gasteiger partial charge < -0.3 is 9.88 Å². The highest BCUT2D eigenvalue weighted by atomic mass is 32.2. The third kappa shape index (κ3) is 4.10. The minimum atomic E-state index is -0.317. The lowest BCUT2D eigenvalue weighted by Crippen LogP contribution is -2.23. The van der Waals surface area contributed by atoms with Crippen LogP contribution in [0.2, 0.25) is 0 Å². The standard InChI is InChI=1S/C18H22N4O2S/c1-4-22-16(13-8-9-13)20-21-18(22)25-12(3)17(24)19-15-7-5-6-14(10-15)11(2)23/h5-7,10,12-13H,4,8-9H2,1-3H3,(H,19,24). The Hall–Kier alpha value is -2.15. The van der Waals surface area contributed by atoms with Crippen molar-refractivity contribution < 1.29 is 9.59 Å². The SMILES string of the molecule is CCn1c(SC(C)C(=O)Nc2cccc(C(C)=O)c2)nnc1C1CC1. The predicted molar refractivity (Wildman–Crippen MR) is 98.1 cm³/mol. The van der Waals surface area contributed by atoms with Gasteiger partial charge in [0.05, 0.1) is 5.25 Å². The molecule has 6 nitrogen and oxygen atoms in total. The molecule has 1 N–H and O–H groups in total. The van der Waals surface area contributed by atoms with Gasteiger partial charge in [-0.25, -0.2) is 0 Å². The van der Waals surface area contributed by atoms with Crippen LogP contribution in [0.5, 0.6) is 0 Å². The molecule has 3 rings (SSSR count). The first-order chi connectivity index (χ1) is 12.0. The number of aromatic nitrogens is 3. The molecular formula is C18H22N4O2S. The summed E-state index contributed by atoms with van der Waals surface area (Å²) in [6.07, 6.45) is 2.34. The van der Waals surface area contributed by atoms with Crippen molar-refractivity contribution in [2.24, 2.45) is 0 Å². The summed E-state index contributed by atoms with van der Waals surface area (Å²) in [7, 11) is 0. The van der Waals surface area contributed by atoms with E-state index < -0.39 is 0 Å². The zero-order valence-electron chi connectivity index (χ0n) is 14.7. The molecule has 1 atom stereocenters. The van der Waals surface area contributed by atoms with Gasteiger partial charge in [-0.05, 0) is 45.7 Å². The van der Waals surface area contributed by atoms with Gasteiger partial charge in [0.1, 0.15) is 5.82 Å². The quantitative estimate of drug-likeness (QED) is 0.605. The highest BCUT2D eigenvalue weighted by molar-refractivity contribution is 8.00. The molecule has 1 aliphatic carbocycles. The second-order valence-electron chi connectivity index (χ2n) is 6.25. The topological polar surface area (TPSA) is 76.9 Å². The van der Waals surface area contributed by atoms with Crippen molar-refractivity contribution >= 4 is 29.1 Å². The van der Waals surface area contributed by atoms with Crippen LogP contribution in [0, 0.1) is 0 Å². The molecule has 25 heavy (non-hydrogen) atoms. The van der Waals surface area contributed by atoms with Crippen molar-refractivity contribution in [3.8, 4) is 0 Å². The largest absolute Gasteiger partial charge is 0.325 e. The molecule has 1 aromatic heterocycles. The van der Waals surface area contributed by atoms with E-state index in [4.69, 9.17) is 0 Å². The molecule has 1 heterocycles. The maximum absolute atomic E-state index is 12.5. The van der Waals surface area contributed by atoms with Gasteiger partial charge in [-0.2, -0.15) is 0 Å². The summed E-state index contributed by atoms with van der Waals surface area (Å²) in [5, 5.41) is 11.9. The van der Waals surface area contributed by atoms with Crippen molar-refractivity contribution in [1.29, 1.82) is 0 Å². The molecule has 1 unspecified atom stereocenters. The van der Waals surface area contributed by atoms with Gasteiger partial charge in [0.25, 0.3) is 0 Å². The van der Waals surface area contributed by atoms with E-state index in [1.807, 2.05) is 6.92 Å². The smallest absolute Gasteiger partial charge is 0.237 e. The number of ketones is 1. The molecule has 1 aromatic carbocycles. The van der Waals surface area contributed by atoms with Crippen molar-refractivity contribution in [3.63, 3.8) is 0 Å². The number of thioether (sulfide) groups is 1. The molecule has 132 valence electrons. The Bertz CT molecular complexity index is 798. The van der Waals surface area contributed by atoms with Crippen molar-refractivity contribution in [2.75, 3.05) is 5.32 Å². The first kappa shape index (κ1) is 17.7. The van der Waals surface area contributed by atoms with Gasteiger partial charge in [0, 0.05) is 23.7 Å². The Morgan fingerprint density at radius 3 is 2.76 bits per heavy atom. The summed E-state index contributed by atoms with van der Waals surface area (Å²) in [5.74, 6) is 1.42. The van der Waals surface area contributed by atoms with E-state index in [9.17, 15) is 9.59 Å². The van der Waals surface area contributed by atoms with Crippen molar-refractivity contribution in [2.45, 2.75) is 56.5 Å². The van der Waals surface area contributed by atoms with E-state index in [2.05, 4.69) is 27.0 Å². The van der Waals surface area contributed by atoms with Crippen LogP contribution in [-0.2, 0) is 11.3 Å². The zero-order valence-corrected chi connectivity index (χ0v) is 15.5. The average Bonchev–Trinajstić information content (AvgIpc) is 3.36. The number of nitrogens with zero attached hydrogens (tertiary/aromatic N) is 3. The highest BCUT2D eigenvalue weighted by Gasteiger charge is 2.30. The summed E-state index contributed by atoms with van der Waals surface area (Å²) in [6.45, 7) is 6.22. The summed E-state index contributed by atoms with van der Waals surface area (Å²) in [4.78, 5) is 23.9. The second kappa shape index (κ2) is 7.39. The molecule has 0 saturated heterocycles. The van der Waals surface area contributed by atoms with Gasteiger partial charge in [0.15, 0.2) is 10.9 Å². The lowest BCUT2D eigenvalue weighted by Gasteiger charge is -2.13. The maximum Gasteiger partial charge on any atom is 0.237 e. The van der Waals surface area contributed by atoms with E-state index >= 15 is 0 Å². The van der Waals surface area contributed by atoms with Crippen LogP contribution in [0.25, 0.3) is 0 Å². The fourth-order valence-corrected chi connectivity index (χ4v) is 3.52. The second-order valence-corrected chi connectivity index (χ2v) is 7.55. The van der Waals surface area contributed by atoms with E-state index in [1.54, 1.807) is 24.3 Å². The lowest BCUT2D eigenvalue weighted by atomic mass is 10.1. The number of nitrogens with one attached hydrogen (secondary N) is 1. The van der Waals surface area contributed by atoms with Crippen molar-refractivity contribution in [3.05, 3.63) is 35.7 Å². The Labute approximate surface area is 151 Å². The number of benzene rings is 1. The van der Waals surface area contributed by atoms with Crippen LogP contribution in [0.15, 0.2) is 29.4 Å². The number of Topliss-reactive ketones (excluding diaryl/α,β-unsaturated/α-hetero) is 1. The Kier molecular flexibility index (Phi) is 5.22. The Balaban J connectivity index is 1.67. The van der Waals surface area contributed by atoms with Gasteiger partial charge in [-0.1, -0.05) is 23.9 Å². The molecule has 7 heteroatoms. The van der Waals surface area contributed by atoms with Crippen LogP contribution in [0.1, 0.15) is 55.7 Å². The van der Waals surface area contributed by atoms with E-state index in [-0.39, 0.29) is 16.9 Å². The molecular weight excluding hydrogens is 336 g/mol. The Morgan fingerprint density at radius 2 is 2.12 bits per heavy atom. The minimum absolute atomic E-state index is 0.0258. The molecule has 1 aliphatic rings. The van der Waals surface area contributed by atoms with Gasteiger partial charge in [0.2, 0.25) is 5.91 Å². The van der Waals surface area contributed by atoms with Gasteiger partial charge in [-0.3, -0.25) is 9.59 Å². The molecule has 0 aliphatic heterocycles. The maximum atomic E-state index is 12.5. The lowest BCUT2D eigenvalue weighted by molar-refractivity contribution is -0.115. The average molecular weight is 358 g/mol. The number of hydrogen-bond acceptors (Lipinski definition) is 5. The molecule has 1 saturated carbocycles. The Morgan fingerprint density at radius 1 is 1.36 bits per heavy atom. The third-order valence-electron chi connectivity index (χ3n) is 4.19. The molecule has 0 spiro atoms. The fourth-order valence-electron chi connectivity index (χ4n) is 2.60. The monoisotopic (exact) mass is 358 g/mol. The number of anilines is 1. The van der Waals surface area contributed by atoms with Crippen molar-refractivity contribution in [1.82, 2.24) is 14.8 Å². The number of carbonyl (C=O) groups is 2. The van der Waals surface area contributed by atoms with Crippen LogP contribution < -0.4 is 5.32 Å². The highest BCUT2D eigenvalue weighted by Crippen LogP contribution is 2.40. The molecule has 0 radical (unpaired) electrons. The van der Waals surface area contributed by atoms with E-state index in [1.165, 1.54) is 31.5 Å². The number of amides is 1. The normalized spacial score (nSPS) is 15.0. The summed E-state index contributed by atoms with van der Waals surface area (Å²) >= 11 is 1.41. The molecule has 1 amide bonds. The molecule has 1 fully saturated rings. The summed E-state index contributed by atoms with van der Waals surface area (Å²) in [6, 6.07) is 6.97. The number of carbonyl (C=O) groups excluding carboxylic acids is 2. The van der Waals surface area contributed by atoms with Crippen LogP contribution >= 0.6 is 11.8 Å². The number of hydrogen-bond donors (Lipinski definition) is 1. The van der Waals surface area contributed by atoms with Crippen LogP contribution in [0.4, 0.5) is 5.69 Å². The van der Waals surface area contributed by atoms with Gasteiger partial charge >= 0.3 is 0 Å². The fraction of sp³-hybridized carbons (Fsp3) is 0.444. The van der Waals surface area contributed by atoms with Crippen LogP contribution in [0.3, 0.4) is 0 Å². The molecule has 2 aromatic rings. The molecule has 0 bridgehead atoms. The predicted octanol–water partition coefficient (Wildman–Crippen LogP) is 3.50. The van der Waals surface area contributed by atoms with E-state index in [0.717, 1.165) is 17.5 Å².